The summed E-state index contributed by atoms with van der Waals surface area (Å²) in [6.07, 6.45) is 1.52. The summed E-state index contributed by atoms with van der Waals surface area (Å²) in [6, 6.07) is 13.2. The average Bonchev–Trinajstić information content (AvgIpc) is 2.60. The predicted molar refractivity (Wildman–Crippen MR) is 98.1 cm³/mol. The van der Waals surface area contributed by atoms with Crippen molar-refractivity contribution in [1.29, 1.82) is 0 Å². The third-order valence-electron chi connectivity index (χ3n) is 4.31. The summed E-state index contributed by atoms with van der Waals surface area (Å²) in [7, 11) is 1.78. The molecule has 1 N–H and O–H groups in total. The molecule has 0 aromatic heterocycles. The zero-order valence-corrected chi connectivity index (χ0v) is 14.5. The molecule has 0 radical (unpaired) electrons. The molecular weight excluding hydrogens is 316 g/mol. The van der Waals surface area contributed by atoms with Crippen LogP contribution in [-0.2, 0) is 22.4 Å². The largest absolute Gasteiger partial charge is 0.494 e. The van der Waals surface area contributed by atoms with Gasteiger partial charge in [-0.25, -0.2) is 0 Å². The van der Waals surface area contributed by atoms with Crippen molar-refractivity contribution < 1.29 is 14.3 Å². The summed E-state index contributed by atoms with van der Waals surface area (Å²) in [5, 5.41) is 2.93. The van der Waals surface area contributed by atoms with Gasteiger partial charge in [0, 0.05) is 24.8 Å². The van der Waals surface area contributed by atoms with E-state index in [2.05, 4.69) is 5.32 Å². The Morgan fingerprint density at radius 3 is 2.64 bits per heavy atom. The summed E-state index contributed by atoms with van der Waals surface area (Å²) in [5.41, 5.74) is 3.70. The fourth-order valence-electron chi connectivity index (χ4n) is 3.00. The summed E-state index contributed by atoms with van der Waals surface area (Å²) >= 11 is 0. The third-order valence-corrected chi connectivity index (χ3v) is 4.31. The van der Waals surface area contributed by atoms with Gasteiger partial charge in [0.05, 0.1) is 13.0 Å². The number of carbonyl (C=O) groups is 2. The van der Waals surface area contributed by atoms with Crippen LogP contribution in [0.15, 0.2) is 42.5 Å². The van der Waals surface area contributed by atoms with E-state index >= 15 is 0 Å². The van der Waals surface area contributed by atoms with Crippen LogP contribution < -0.4 is 15.0 Å². The van der Waals surface area contributed by atoms with Gasteiger partial charge in [0.15, 0.2) is 0 Å². The van der Waals surface area contributed by atoms with Crippen LogP contribution in [0.2, 0.25) is 0 Å². The van der Waals surface area contributed by atoms with E-state index in [0.717, 1.165) is 28.3 Å². The first kappa shape index (κ1) is 17.0. The van der Waals surface area contributed by atoms with Crippen molar-refractivity contribution in [3.8, 4) is 5.75 Å². The molecule has 5 nitrogen and oxygen atoms in total. The van der Waals surface area contributed by atoms with Gasteiger partial charge < -0.3 is 15.0 Å². The molecule has 25 heavy (non-hydrogen) atoms. The molecule has 5 heteroatoms. The van der Waals surface area contributed by atoms with E-state index in [-0.39, 0.29) is 11.8 Å². The van der Waals surface area contributed by atoms with Gasteiger partial charge in [-0.15, -0.1) is 0 Å². The first-order valence-corrected chi connectivity index (χ1v) is 8.48. The quantitative estimate of drug-likeness (QED) is 0.911. The Morgan fingerprint density at radius 2 is 1.92 bits per heavy atom. The number of carbonyl (C=O) groups excluding carboxylic acids is 2. The van der Waals surface area contributed by atoms with Crippen LogP contribution in [0.1, 0.15) is 24.5 Å². The second-order valence-corrected chi connectivity index (χ2v) is 6.10. The van der Waals surface area contributed by atoms with E-state index in [1.807, 2.05) is 49.4 Å². The van der Waals surface area contributed by atoms with E-state index in [4.69, 9.17) is 4.74 Å². The van der Waals surface area contributed by atoms with Crippen LogP contribution in [0.3, 0.4) is 0 Å². The monoisotopic (exact) mass is 338 g/mol. The standard InChI is InChI=1S/C20H22N2O3/c1-3-25-17-8-4-14(5-9-17)12-19(23)21-16-7-10-18-15(13-16)6-11-20(24)22(18)2/h4-5,7-10,13H,3,6,11-12H2,1-2H3,(H,21,23). The smallest absolute Gasteiger partial charge is 0.228 e. The van der Waals surface area contributed by atoms with Gasteiger partial charge in [-0.2, -0.15) is 0 Å². The Hall–Kier alpha value is -2.82. The SMILES string of the molecule is CCOc1ccc(CC(=O)Nc2ccc3c(c2)CCC(=O)N3C)cc1. The van der Waals surface area contributed by atoms with Crippen LogP contribution >= 0.6 is 0 Å². The minimum atomic E-state index is -0.0654. The molecule has 2 aromatic rings. The third kappa shape index (κ3) is 3.99. The number of hydrogen-bond acceptors (Lipinski definition) is 3. The summed E-state index contributed by atoms with van der Waals surface area (Å²) in [5.74, 6) is 0.865. The summed E-state index contributed by atoms with van der Waals surface area (Å²) < 4.78 is 5.40. The molecule has 2 aromatic carbocycles. The van der Waals surface area contributed by atoms with Gasteiger partial charge in [0.1, 0.15) is 5.75 Å². The summed E-state index contributed by atoms with van der Waals surface area (Å²) in [4.78, 5) is 25.7. The van der Waals surface area contributed by atoms with Crippen LogP contribution in [0.4, 0.5) is 11.4 Å². The molecule has 1 heterocycles. The fraction of sp³-hybridized carbons (Fsp3) is 0.300. The Morgan fingerprint density at radius 1 is 1.16 bits per heavy atom. The molecule has 0 unspecified atom stereocenters. The zero-order valence-electron chi connectivity index (χ0n) is 14.5. The van der Waals surface area contributed by atoms with Crippen molar-refractivity contribution in [1.82, 2.24) is 0 Å². The average molecular weight is 338 g/mol. The first-order valence-electron chi connectivity index (χ1n) is 8.48. The molecule has 0 bridgehead atoms. The number of fused-ring (bicyclic) bond motifs is 1. The number of nitrogens with zero attached hydrogens (tertiary/aromatic N) is 1. The minimum Gasteiger partial charge on any atom is -0.494 e. The lowest BCUT2D eigenvalue weighted by Gasteiger charge is -2.26. The number of amides is 2. The van der Waals surface area contributed by atoms with Crippen molar-refractivity contribution in [3.63, 3.8) is 0 Å². The molecule has 0 aliphatic carbocycles. The predicted octanol–water partition coefficient (Wildman–Crippen LogP) is 3.18. The number of anilines is 2. The normalized spacial score (nSPS) is 13.4. The highest BCUT2D eigenvalue weighted by Crippen LogP contribution is 2.29. The molecule has 0 atom stereocenters. The highest BCUT2D eigenvalue weighted by Gasteiger charge is 2.21. The van der Waals surface area contributed by atoms with Crippen molar-refractivity contribution >= 4 is 23.2 Å². The first-order chi connectivity index (χ1) is 12.1. The van der Waals surface area contributed by atoms with Crippen molar-refractivity contribution in [2.24, 2.45) is 0 Å². The minimum absolute atomic E-state index is 0.0654. The van der Waals surface area contributed by atoms with Gasteiger partial charge in [-0.1, -0.05) is 12.1 Å². The molecule has 0 spiro atoms. The number of hydrogen-bond donors (Lipinski definition) is 1. The number of ether oxygens (including phenoxy) is 1. The number of rotatable bonds is 5. The molecule has 0 saturated carbocycles. The number of nitrogens with one attached hydrogen (secondary N) is 1. The van der Waals surface area contributed by atoms with Gasteiger partial charge in [-0.05, 0) is 54.8 Å². The maximum absolute atomic E-state index is 12.3. The van der Waals surface area contributed by atoms with E-state index < -0.39 is 0 Å². The number of aryl methyl sites for hydroxylation is 1. The highest BCUT2D eigenvalue weighted by molar-refractivity contribution is 5.97. The van der Waals surface area contributed by atoms with Crippen LogP contribution in [0.5, 0.6) is 5.75 Å². The van der Waals surface area contributed by atoms with Crippen molar-refractivity contribution in [2.75, 3.05) is 23.9 Å². The molecule has 1 aliphatic rings. The zero-order chi connectivity index (χ0) is 17.8. The molecule has 3 rings (SSSR count). The van der Waals surface area contributed by atoms with Gasteiger partial charge in [0.2, 0.25) is 11.8 Å². The van der Waals surface area contributed by atoms with Gasteiger partial charge >= 0.3 is 0 Å². The molecule has 1 aliphatic heterocycles. The van der Waals surface area contributed by atoms with E-state index in [9.17, 15) is 9.59 Å². The number of benzene rings is 2. The Bertz CT molecular complexity index is 784. The van der Waals surface area contributed by atoms with E-state index in [0.29, 0.717) is 25.9 Å². The van der Waals surface area contributed by atoms with Crippen molar-refractivity contribution in [3.05, 3.63) is 53.6 Å². The second-order valence-electron chi connectivity index (χ2n) is 6.10. The lowest BCUT2D eigenvalue weighted by molar-refractivity contribution is -0.118. The molecular formula is C20H22N2O3. The highest BCUT2D eigenvalue weighted by atomic mass is 16.5. The Kier molecular flexibility index (Phi) is 5.03. The molecule has 0 saturated heterocycles. The molecule has 2 amide bonds. The fourth-order valence-corrected chi connectivity index (χ4v) is 3.00. The maximum Gasteiger partial charge on any atom is 0.228 e. The lowest BCUT2D eigenvalue weighted by Crippen LogP contribution is -2.31. The van der Waals surface area contributed by atoms with Gasteiger partial charge in [-0.3, -0.25) is 9.59 Å². The molecule has 130 valence electrons. The summed E-state index contributed by atoms with van der Waals surface area (Å²) in [6.45, 7) is 2.56. The van der Waals surface area contributed by atoms with Crippen LogP contribution in [-0.4, -0.2) is 25.5 Å². The van der Waals surface area contributed by atoms with Gasteiger partial charge in [0.25, 0.3) is 0 Å². The topological polar surface area (TPSA) is 58.6 Å². The van der Waals surface area contributed by atoms with E-state index in [1.165, 1.54) is 0 Å². The maximum atomic E-state index is 12.3. The van der Waals surface area contributed by atoms with Crippen LogP contribution in [0, 0.1) is 0 Å². The second kappa shape index (κ2) is 7.38. The lowest BCUT2D eigenvalue weighted by atomic mass is 10.0. The van der Waals surface area contributed by atoms with Crippen LogP contribution in [0.25, 0.3) is 0 Å². The Balaban J connectivity index is 1.64. The van der Waals surface area contributed by atoms with Crippen molar-refractivity contribution in [2.45, 2.75) is 26.2 Å². The Labute approximate surface area is 147 Å². The van der Waals surface area contributed by atoms with E-state index in [1.54, 1.807) is 11.9 Å². The molecule has 0 fully saturated rings.